The van der Waals surface area contributed by atoms with Gasteiger partial charge in [-0.3, -0.25) is 0 Å². The summed E-state index contributed by atoms with van der Waals surface area (Å²) in [7, 11) is 0. The minimum Gasteiger partial charge on any atom is -0.465 e. The van der Waals surface area contributed by atoms with Gasteiger partial charge in [-0.25, -0.2) is 14.8 Å². The lowest BCUT2D eigenvalue weighted by molar-refractivity contribution is 0.188. The molecule has 0 aliphatic carbocycles. The molecule has 0 saturated carbocycles. The van der Waals surface area contributed by atoms with Crippen molar-refractivity contribution in [3.63, 3.8) is 0 Å². The first-order chi connectivity index (χ1) is 9.58. The number of aromatic nitrogens is 2. The summed E-state index contributed by atoms with van der Waals surface area (Å²) in [4.78, 5) is 21.3. The first kappa shape index (κ1) is 14.8. The van der Waals surface area contributed by atoms with Crippen molar-refractivity contribution in [1.82, 2.24) is 15.3 Å². The fraction of sp³-hybridized carbons (Fsp3) is 0.615. The van der Waals surface area contributed by atoms with E-state index in [0.717, 1.165) is 43.7 Å². The van der Waals surface area contributed by atoms with Gasteiger partial charge in [-0.1, -0.05) is 13.3 Å². The van der Waals surface area contributed by atoms with Crippen LogP contribution in [0.3, 0.4) is 0 Å². The molecule has 1 aromatic rings. The van der Waals surface area contributed by atoms with Crippen molar-refractivity contribution in [3.05, 3.63) is 17.0 Å². The monoisotopic (exact) mass is 298 g/mol. The molecule has 0 aromatic carbocycles. The second kappa shape index (κ2) is 6.74. The number of carbonyl (C=O) groups is 1. The van der Waals surface area contributed by atoms with Gasteiger partial charge in [0.25, 0.3) is 0 Å². The fourth-order valence-electron chi connectivity index (χ4n) is 2.48. The van der Waals surface area contributed by atoms with Crippen LogP contribution in [0.1, 0.15) is 31.9 Å². The minimum atomic E-state index is -0.982. The maximum Gasteiger partial charge on any atom is 0.404 e. The molecule has 1 fully saturated rings. The second-order valence-electron chi connectivity index (χ2n) is 4.97. The average molecular weight is 299 g/mol. The van der Waals surface area contributed by atoms with Gasteiger partial charge in [-0.2, -0.15) is 0 Å². The quantitative estimate of drug-likeness (QED) is 0.834. The van der Waals surface area contributed by atoms with Crippen LogP contribution in [0.5, 0.6) is 0 Å². The number of halogens is 1. The molecule has 2 heterocycles. The Hall–Kier alpha value is -1.56. The van der Waals surface area contributed by atoms with Crippen LogP contribution in [-0.2, 0) is 6.42 Å². The SMILES string of the molecule is CCCc1cc(N2CCC[C@@H](NC(=O)O)C2)nc(Cl)n1. The zero-order valence-corrected chi connectivity index (χ0v) is 12.2. The topological polar surface area (TPSA) is 78.4 Å². The van der Waals surface area contributed by atoms with Gasteiger partial charge in [0.2, 0.25) is 5.28 Å². The standard InChI is InChI=1S/C13H19ClN4O2/c1-2-4-9-7-11(17-12(14)15-9)18-6-3-5-10(8-18)16-13(19)20/h7,10,16H,2-6,8H2,1H3,(H,19,20)/t10-/m1/s1. The van der Waals surface area contributed by atoms with Crippen LogP contribution in [0.25, 0.3) is 0 Å². The van der Waals surface area contributed by atoms with E-state index in [4.69, 9.17) is 16.7 Å². The van der Waals surface area contributed by atoms with Gasteiger partial charge >= 0.3 is 6.09 Å². The highest BCUT2D eigenvalue weighted by atomic mass is 35.5. The smallest absolute Gasteiger partial charge is 0.404 e. The van der Waals surface area contributed by atoms with E-state index >= 15 is 0 Å². The largest absolute Gasteiger partial charge is 0.465 e. The second-order valence-corrected chi connectivity index (χ2v) is 5.31. The summed E-state index contributed by atoms with van der Waals surface area (Å²) in [6.45, 7) is 3.56. The molecule has 1 aromatic heterocycles. The molecule has 2 N–H and O–H groups in total. The van der Waals surface area contributed by atoms with Crippen LogP contribution in [0.15, 0.2) is 6.07 Å². The van der Waals surface area contributed by atoms with E-state index in [9.17, 15) is 4.79 Å². The molecule has 0 bridgehead atoms. The van der Waals surface area contributed by atoms with Gasteiger partial charge in [-0.05, 0) is 30.9 Å². The zero-order chi connectivity index (χ0) is 14.5. The van der Waals surface area contributed by atoms with Crippen molar-refractivity contribution in [2.75, 3.05) is 18.0 Å². The van der Waals surface area contributed by atoms with E-state index < -0.39 is 6.09 Å². The Kier molecular flexibility index (Phi) is 5.00. The van der Waals surface area contributed by atoms with E-state index in [1.165, 1.54) is 0 Å². The van der Waals surface area contributed by atoms with Crippen molar-refractivity contribution in [2.45, 2.75) is 38.6 Å². The lowest BCUT2D eigenvalue weighted by atomic mass is 10.1. The maximum atomic E-state index is 10.7. The number of aryl methyl sites for hydroxylation is 1. The highest BCUT2D eigenvalue weighted by Gasteiger charge is 2.22. The summed E-state index contributed by atoms with van der Waals surface area (Å²) >= 11 is 5.97. The Morgan fingerprint density at radius 3 is 3.10 bits per heavy atom. The van der Waals surface area contributed by atoms with E-state index in [1.54, 1.807) is 0 Å². The van der Waals surface area contributed by atoms with Gasteiger partial charge in [-0.15, -0.1) is 0 Å². The van der Waals surface area contributed by atoms with Gasteiger partial charge in [0, 0.05) is 30.9 Å². The van der Waals surface area contributed by atoms with Crippen LogP contribution in [0.4, 0.5) is 10.6 Å². The Morgan fingerprint density at radius 2 is 2.40 bits per heavy atom. The van der Waals surface area contributed by atoms with Crippen molar-refractivity contribution in [1.29, 1.82) is 0 Å². The number of hydrogen-bond acceptors (Lipinski definition) is 4. The van der Waals surface area contributed by atoms with E-state index in [2.05, 4.69) is 27.1 Å². The Balaban J connectivity index is 2.11. The molecular weight excluding hydrogens is 280 g/mol. The summed E-state index contributed by atoms with van der Waals surface area (Å²) in [6, 6.07) is 1.88. The molecule has 0 radical (unpaired) electrons. The molecule has 2 rings (SSSR count). The number of amides is 1. The van der Waals surface area contributed by atoms with Crippen molar-refractivity contribution < 1.29 is 9.90 Å². The van der Waals surface area contributed by atoms with E-state index in [1.807, 2.05) is 6.07 Å². The summed E-state index contributed by atoms with van der Waals surface area (Å²) < 4.78 is 0. The Morgan fingerprint density at radius 1 is 1.60 bits per heavy atom. The fourth-order valence-corrected chi connectivity index (χ4v) is 2.67. The van der Waals surface area contributed by atoms with Gasteiger partial charge < -0.3 is 15.3 Å². The van der Waals surface area contributed by atoms with Crippen LogP contribution < -0.4 is 10.2 Å². The molecule has 1 aliphatic rings. The van der Waals surface area contributed by atoms with E-state index in [-0.39, 0.29) is 11.3 Å². The van der Waals surface area contributed by atoms with Crippen LogP contribution in [0, 0.1) is 0 Å². The molecule has 1 saturated heterocycles. The molecular formula is C13H19ClN4O2. The summed E-state index contributed by atoms with van der Waals surface area (Å²) in [5.41, 5.74) is 0.927. The number of carboxylic acid groups (broad SMARTS) is 1. The molecule has 1 aliphatic heterocycles. The van der Waals surface area contributed by atoms with Crippen molar-refractivity contribution in [2.24, 2.45) is 0 Å². The molecule has 0 spiro atoms. The molecule has 7 heteroatoms. The molecule has 110 valence electrons. The lowest BCUT2D eigenvalue weighted by Crippen LogP contribution is -2.47. The normalized spacial score (nSPS) is 18.9. The predicted octanol–water partition coefficient (Wildman–Crippen LogP) is 2.32. The lowest BCUT2D eigenvalue weighted by Gasteiger charge is -2.33. The number of nitrogens with zero attached hydrogens (tertiary/aromatic N) is 3. The molecule has 1 amide bonds. The molecule has 0 unspecified atom stereocenters. The maximum absolute atomic E-state index is 10.7. The third-order valence-corrected chi connectivity index (χ3v) is 3.49. The van der Waals surface area contributed by atoms with E-state index in [0.29, 0.717) is 6.54 Å². The first-order valence-electron chi connectivity index (χ1n) is 6.86. The predicted molar refractivity (Wildman–Crippen MR) is 77.4 cm³/mol. The highest BCUT2D eigenvalue weighted by molar-refractivity contribution is 6.28. The average Bonchev–Trinajstić information content (AvgIpc) is 2.38. The summed E-state index contributed by atoms with van der Waals surface area (Å²) in [5, 5.41) is 11.6. The number of nitrogens with one attached hydrogen (secondary N) is 1. The highest BCUT2D eigenvalue weighted by Crippen LogP contribution is 2.20. The number of hydrogen-bond donors (Lipinski definition) is 2. The van der Waals surface area contributed by atoms with Gasteiger partial charge in [0.1, 0.15) is 5.82 Å². The Bertz CT molecular complexity index is 483. The van der Waals surface area contributed by atoms with Gasteiger partial charge in [0.05, 0.1) is 0 Å². The van der Waals surface area contributed by atoms with Crippen molar-refractivity contribution >= 4 is 23.5 Å². The Labute approximate surface area is 123 Å². The molecule has 1 atom stereocenters. The summed E-state index contributed by atoms with van der Waals surface area (Å²) in [6.07, 6.45) is 2.65. The summed E-state index contributed by atoms with van der Waals surface area (Å²) in [5.74, 6) is 0.783. The minimum absolute atomic E-state index is 0.0652. The number of anilines is 1. The third-order valence-electron chi connectivity index (χ3n) is 3.32. The third kappa shape index (κ3) is 3.96. The zero-order valence-electron chi connectivity index (χ0n) is 11.5. The number of piperidine rings is 1. The van der Waals surface area contributed by atoms with Crippen LogP contribution in [-0.4, -0.2) is 40.3 Å². The van der Waals surface area contributed by atoms with Crippen LogP contribution >= 0.6 is 11.6 Å². The van der Waals surface area contributed by atoms with Crippen LogP contribution in [0.2, 0.25) is 5.28 Å². The van der Waals surface area contributed by atoms with Gasteiger partial charge in [0.15, 0.2) is 0 Å². The number of rotatable bonds is 4. The molecule has 6 nitrogen and oxygen atoms in total. The first-order valence-corrected chi connectivity index (χ1v) is 7.24. The van der Waals surface area contributed by atoms with Crippen molar-refractivity contribution in [3.8, 4) is 0 Å². The molecule has 20 heavy (non-hydrogen) atoms.